The fraction of sp³-hybridized carbons (Fsp3) is 0.357. The van der Waals surface area contributed by atoms with Gasteiger partial charge in [0.1, 0.15) is 12.1 Å². The number of aliphatic hydroxyl groups excluding tert-OH is 2. The summed E-state index contributed by atoms with van der Waals surface area (Å²) in [7, 11) is 0. The first kappa shape index (κ1) is 42.9. The van der Waals surface area contributed by atoms with Crippen LogP contribution in [0.1, 0.15) is 62.4 Å². The molecule has 1 aromatic heterocycles. The van der Waals surface area contributed by atoms with Gasteiger partial charge < -0.3 is 31.3 Å². The number of nitrogens with one attached hydrogen (secondary N) is 3. The summed E-state index contributed by atoms with van der Waals surface area (Å²) in [6, 6.07) is 28.1. The number of carbonyl (C=O) groups excluding carboxylic acids is 3. The Labute approximate surface area is 330 Å². The van der Waals surface area contributed by atoms with Crippen molar-refractivity contribution in [1.82, 2.24) is 20.9 Å². The summed E-state index contributed by atoms with van der Waals surface area (Å²) in [6.45, 7) is 4.91. The van der Waals surface area contributed by atoms with Crippen molar-refractivity contribution >= 4 is 46.8 Å². The molecule has 0 aliphatic carbocycles. The van der Waals surface area contributed by atoms with Gasteiger partial charge in [0, 0.05) is 11.8 Å². The minimum Gasteiger partial charge on any atom is -0.481 e. The van der Waals surface area contributed by atoms with Gasteiger partial charge in [0.25, 0.3) is 0 Å². The number of allylic oxidation sites excluding steroid dienone is 1. The molecule has 0 aliphatic rings. The van der Waals surface area contributed by atoms with Crippen LogP contribution in [0, 0.1) is 5.92 Å². The van der Waals surface area contributed by atoms with E-state index in [4.69, 9.17) is 5.11 Å². The Hall–Kier alpha value is -4.82. The first-order valence-corrected chi connectivity index (χ1v) is 20.2. The lowest BCUT2D eigenvalue weighted by Gasteiger charge is -2.35. The van der Waals surface area contributed by atoms with Crippen LogP contribution in [0.5, 0.6) is 0 Å². The van der Waals surface area contributed by atoms with Crippen molar-refractivity contribution in [3.8, 4) is 0 Å². The van der Waals surface area contributed by atoms with Gasteiger partial charge in [-0.25, -0.2) is 4.98 Å². The number of rotatable bonds is 21. The van der Waals surface area contributed by atoms with Gasteiger partial charge in [0.05, 0.1) is 47.0 Å². The highest BCUT2D eigenvalue weighted by Crippen LogP contribution is 2.48. The number of hydrogen-bond acceptors (Lipinski definition) is 9. The predicted octanol–water partition coefficient (Wildman–Crippen LogP) is 5.07. The van der Waals surface area contributed by atoms with Crippen LogP contribution in [0.15, 0.2) is 114 Å². The Morgan fingerprint density at radius 3 is 1.85 bits per heavy atom. The molecule has 6 N–H and O–H groups in total. The van der Waals surface area contributed by atoms with Crippen LogP contribution in [0.3, 0.4) is 0 Å². The van der Waals surface area contributed by atoms with Gasteiger partial charge in [-0.15, -0.1) is 23.1 Å². The number of carboxylic acids is 1. The van der Waals surface area contributed by atoms with Gasteiger partial charge in [-0.3, -0.25) is 19.2 Å². The number of thiazole rings is 1. The maximum Gasteiger partial charge on any atom is 0.306 e. The molecule has 55 heavy (non-hydrogen) atoms. The van der Waals surface area contributed by atoms with Gasteiger partial charge >= 0.3 is 5.97 Å². The SMILES string of the molecule is CC(C)[C@@H](NC(=O)[C@@H](C)NC(=O)[C@@H](Cc1cscn1)NC(=O)C[C@H](O)/C=C/CCSC(c1ccccc1)(c1ccccc1)c1ccccc1)[C@@H](O)CC(=O)O. The molecule has 0 spiro atoms. The third-order valence-corrected chi connectivity index (χ3v) is 11.2. The lowest BCUT2D eigenvalue weighted by Crippen LogP contribution is -2.56. The topological polar surface area (TPSA) is 178 Å². The van der Waals surface area contributed by atoms with Crippen LogP contribution in [-0.4, -0.2) is 80.1 Å². The molecule has 292 valence electrons. The maximum atomic E-state index is 13.4. The molecule has 0 bridgehead atoms. The quantitative estimate of drug-likeness (QED) is 0.0382. The summed E-state index contributed by atoms with van der Waals surface area (Å²) < 4.78 is -0.473. The monoisotopic (exact) mass is 786 g/mol. The van der Waals surface area contributed by atoms with E-state index in [1.165, 1.54) is 18.3 Å². The van der Waals surface area contributed by atoms with Crippen LogP contribution in [0.4, 0.5) is 0 Å². The smallest absolute Gasteiger partial charge is 0.306 e. The molecular weight excluding hydrogens is 737 g/mol. The number of aromatic nitrogens is 1. The van der Waals surface area contributed by atoms with Crippen molar-refractivity contribution in [3.05, 3.63) is 136 Å². The first-order chi connectivity index (χ1) is 26.4. The zero-order valence-electron chi connectivity index (χ0n) is 31.2. The Morgan fingerprint density at radius 1 is 0.800 bits per heavy atom. The van der Waals surface area contributed by atoms with E-state index in [0.29, 0.717) is 17.9 Å². The molecule has 0 fully saturated rings. The second-order valence-corrected chi connectivity index (χ2v) is 15.6. The Morgan fingerprint density at radius 2 is 1.36 bits per heavy atom. The van der Waals surface area contributed by atoms with E-state index in [1.54, 1.807) is 42.6 Å². The summed E-state index contributed by atoms with van der Waals surface area (Å²) in [5.74, 6) is -2.61. The molecule has 4 aromatic rings. The highest BCUT2D eigenvalue weighted by Gasteiger charge is 2.36. The van der Waals surface area contributed by atoms with Crippen LogP contribution < -0.4 is 16.0 Å². The largest absolute Gasteiger partial charge is 0.481 e. The van der Waals surface area contributed by atoms with Crippen LogP contribution in [0.2, 0.25) is 0 Å². The standard InChI is InChI=1S/C42H50N4O7S2/c1-28(2)39(36(48)25-38(50)51)46-40(52)29(3)44-41(53)35(23-33-26-54-27-43-33)45-37(49)24-34(47)21-13-14-22-55-42(30-15-7-4-8-16-30,31-17-9-5-10-18-31)32-19-11-6-12-20-32/h4-13,15-21,26-29,34-36,39,47-48H,14,22-25H2,1-3H3,(H,44,53)(H,45,49)(H,46,52)(H,50,51)/b21-13+/t29-,34-,35-,36+,39-/m1/s1. The Bertz CT molecular complexity index is 1730. The number of carboxylic acid groups (broad SMARTS) is 1. The molecule has 4 rings (SSSR count). The highest BCUT2D eigenvalue weighted by atomic mass is 32.2. The summed E-state index contributed by atoms with van der Waals surface area (Å²) in [5.41, 5.74) is 5.62. The van der Waals surface area contributed by atoms with Gasteiger partial charge in [0.2, 0.25) is 17.7 Å². The maximum absolute atomic E-state index is 13.4. The highest BCUT2D eigenvalue weighted by molar-refractivity contribution is 8.00. The molecule has 0 radical (unpaired) electrons. The van der Waals surface area contributed by atoms with Gasteiger partial charge in [-0.1, -0.05) is 117 Å². The molecule has 3 amide bonds. The normalized spacial score (nSPS) is 14.4. The van der Waals surface area contributed by atoms with Gasteiger partial charge in [-0.2, -0.15) is 0 Å². The lowest BCUT2D eigenvalue weighted by molar-refractivity contribution is -0.140. The summed E-state index contributed by atoms with van der Waals surface area (Å²) in [4.78, 5) is 54.9. The molecule has 13 heteroatoms. The minimum absolute atomic E-state index is 0.0521. The number of nitrogens with zero attached hydrogens (tertiary/aromatic N) is 1. The molecule has 11 nitrogen and oxygen atoms in total. The molecule has 1 heterocycles. The van der Waals surface area contributed by atoms with Gasteiger partial charge in [-0.05, 0) is 41.7 Å². The van der Waals surface area contributed by atoms with E-state index in [9.17, 15) is 29.4 Å². The van der Waals surface area contributed by atoms with Crippen molar-refractivity contribution in [3.63, 3.8) is 0 Å². The number of aliphatic hydroxyl groups is 2. The second-order valence-electron chi connectivity index (χ2n) is 13.6. The number of amides is 3. The zero-order valence-corrected chi connectivity index (χ0v) is 32.8. The molecular formula is C42H50N4O7S2. The lowest BCUT2D eigenvalue weighted by atomic mass is 9.84. The van der Waals surface area contributed by atoms with E-state index >= 15 is 0 Å². The average Bonchev–Trinajstić information content (AvgIpc) is 3.69. The van der Waals surface area contributed by atoms with Gasteiger partial charge in [0.15, 0.2) is 0 Å². The summed E-state index contributed by atoms with van der Waals surface area (Å²) in [5, 5.41) is 39.9. The van der Waals surface area contributed by atoms with Crippen LogP contribution in [-0.2, 0) is 30.3 Å². The summed E-state index contributed by atoms with van der Waals surface area (Å²) >= 11 is 3.13. The van der Waals surface area contributed by atoms with Crippen molar-refractivity contribution in [2.75, 3.05) is 5.75 Å². The Kier molecular flexibility index (Phi) is 16.6. The fourth-order valence-electron chi connectivity index (χ4n) is 6.25. The van der Waals surface area contributed by atoms with Crippen molar-refractivity contribution in [2.45, 2.75) is 81.5 Å². The van der Waals surface area contributed by atoms with Crippen molar-refractivity contribution in [2.24, 2.45) is 5.92 Å². The number of thioether (sulfide) groups is 1. The second kappa shape index (κ2) is 21.3. The minimum atomic E-state index is -1.33. The third kappa shape index (κ3) is 12.6. The van der Waals surface area contributed by atoms with Crippen molar-refractivity contribution < 1.29 is 34.5 Å². The fourth-order valence-corrected chi connectivity index (χ4v) is 8.29. The van der Waals surface area contributed by atoms with E-state index in [2.05, 4.69) is 57.3 Å². The third-order valence-electron chi connectivity index (χ3n) is 9.02. The number of carbonyl (C=O) groups is 4. The van der Waals surface area contributed by atoms with Crippen LogP contribution >= 0.6 is 23.1 Å². The average molecular weight is 787 g/mol. The number of aliphatic carboxylic acids is 1. The van der Waals surface area contributed by atoms with Crippen molar-refractivity contribution in [1.29, 1.82) is 0 Å². The Balaban J connectivity index is 1.37. The molecule has 3 aromatic carbocycles. The van der Waals surface area contributed by atoms with E-state index in [0.717, 1.165) is 16.7 Å². The van der Waals surface area contributed by atoms with E-state index in [-0.39, 0.29) is 18.8 Å². The predicted molar refractivity (Wildman–Crippen MR) is 216 cm³/mol. The molecule has 0 saturated heterocycles. The molecule has 0 unspecified atom stereocenters. The first-order valence-electron chi connectivity index (χ1n) is 18.2. The molecule has 0 aliphatic heterocycles. The van der Waals surface area contributed by atoms with Crippen LogP contribution in [0.25, 0.3) is 0 Å². The molecule has 0 saturated carbocycles. The number of hydrogen-bond donors (Lipinski definition) is 6. The van der Waals surface area contributed by atoms with E-state index in [1.807, 2.05) is 60.7 Å². The van der Waals surface area contributed by atoms with E-state index < -0.39 is 65.2 Å². The molecule has 5 atom stereocenters. The zero-order chi connectivity index (χ0) is 39.8. The summed E-state index contributed by atoms with van der Waals surface area (Å²) in [6.07, 6.45) is 0.837. The number of benzene rings is 3.